The van der Waals surface area contributed by atoms with Gasteiger partial charge >= 0.3 is 0 Å². The summed E-state index contributed by atoms with van der Waals surface area (Å²) in [4.78, 5) is 20.6. The molecule has 0 saturated carbocycles. The zero-order valence-corrected chi connectivity index (χ0v) is 10.2. The molecule has 0 atom stereocenters. The lowest BCUT2D eigenvalue weighted by Gasteiger charge is -2.32. The number of ether oxygens (including phenoxy) is 1. The summed E-state index contributed by atoms with van der Waals surface area (Å²) in [6, 6.07) is 0. The molecule has 0 spiro atoms. The zero-order valence-electron chi connectivity index (χ0n) is 10.2. The first-order valence-electron chi connectivity index (χ1n) is 5.78. The van der Waals surface area contributed by atoms with Crippen molar-refractivity contribution in [3.05, 3.63) is 18.1 Å². The quantitative estimate of drug-likeness (QED) is 0.793. The number of carbonyl (C=O) groups is 1. The predicted molar refractivity (Wildman–Crippen MR) is 63.1 cm³/mol. The van der Waals surface area contributed by atoms with Crippen molar-refractivity contribution in [2.75, 3.05) is 20.2 Å². The Bertz CT molecular complexity index is 414. The Morgan fingerprint density at radius 3 is 2.65 bits per heavy atom. The monoisotopic (exact) mass is 235 g/mol. The van der Waals surface area contributed by atoms with E-state index in [-0.39, 0.29) is 11.2 Å². The van der Waals surface area contributed by atoms with Crippen LogP contribution in [0.25, 0.3) is 0 Å². The largest absolute Gasteiger partial charge is 0.479 e. The number of carbonyl (C=O) groups excluding carboxylic acids is 1. The minimum absolute atomic E-state index is 0.0314. The summed E-state index contributed by atoms with van der Waals surface area (Å²) < 4.78 is 5.09. The van der Waals surface area contributed by atoms with Gasteiger partial charge in [-0.25, -0.2) is 9.97 Å². The number of Topliss-reactive ketones (excluding diaryl/α,β-unsaturated/α-hetero) is 1. The average molecular weight is 235 g/mol. The van der Waals surface area contributed by atoms with Crippen LogP contribution in [0.1, 0.15) is 30.3 Å². The molecule has 17 heavy (non-hydrogen) atoms. The number of hydrogen-bond donors (Lipinski definition) is 1. The normalized spacial score (nSPS) is 18.7. The summed E-state index contributed by atoms with van der Waals surface area (Å²) in [6.45, 7) is 3.72. The summed E-state index contributed by atoms with van der Waals surface area (Å²) in [5.41, 5.74) is -0.00595. The van der Waals surface area contributed by atoms with Crippen LogP contribution in [-0.4, -0.2) is 36.0 Å². The molecule has 1 N–H and O–H groups in total. The fraction of sp³-hybridized carbons (Fsp3) is 0.583. The van der Waals surface area contributed by atoms with E-state index in [2.05, 4.69) is 15.3 Å². The van der Waals surface area contributed by atoms with Gasteiger partial charge in [-0.1, -0.05) is 6.92 Å². The Morgan fingerprint density at radius 1 is 1.35 bits per heavy atom. The van der Waals surface area contributed by atoms with Crippen molar-refractivity contribution in [1.29, 1.82) is 0 Å². The molecule has 1 aromatic rings. The van der Waals surface area contributed by atoms with E-state index in [0.29, 0.717) is 11.6 Å². The lowest BCUT2D eigenvalue weighted by Crippen LogP contribution is -2.40. The molecule has 92 valence electrons. The average Bonchev–Trinajstić information content (AvgIpc) is 2.38. The van der Waals surface area contributed by atoms with Crippen molar-refractivity contribution in [1.82, 2.24) is 15.3 Å². The number of nitrogens with zero attached hydrogens (tertiary/aromatic N) is 2. The lowest BCUT2D eigenvalue weighted by atomic mass is 9.76. The molecule has 0 aromatic carbocycles. The maximum absolute atomic E-state index is 12.5. The summed E-state index contributed by atoms with van der Waals surface area (Å²) in [5.74, 6) is 0.348. The van der Waals surface area contributed by atoms with Gasteiger partial charge in [0.15, 0.2) is 11.5 Å². The first-order valence-corrected chi connectivity index (χ1v) is 5.78. The number of methoxy groups -OCH3 is 1. The molecule has 1 aliphatic rings. The molecule has 1 aliphatic heterocycles. The fourth-order valence-corrected chi connectivity index (χ4v) is 2.12. The van der Waals surface area contributed by atoms with Crippen LogP contribution in [0.2, 0.25) is 0 Å². The smallest absolute Gasteiger partial charge is 0.243 e. The highest BCUT2D eigenvalue weighted by molar-refractivity contribution is 6.00. The van der Waals surface area contributed by atoms with Gasteiger partial charge in [0.2, 0.25) is 5.88 Å². The Morgan fingerprint density at radius 2 is 2.00 bits per heavy atom. The van der Waals surface area contributed by atoms with E-state index in [1.54, 1.807) is 0 Å². The van der Waals surface area contributed by atoms with Crippen molar-refractivity contribution in [2.24, 2.45) is 5.41 Å². The highest BCUT2D eigenvalue weighted by atomic mass is 16.5. The van der Waals surface area contributed by atoms with Gasteiger partial charge in [-0.15, -0.1) is 0 Å². The van der Waals surface area contributed by atoms with Crippen molar-refractivity contribution < 1.29 is 9.53 Å². The first-order chi connectivity index (χ1) is 8.17. The summed E-state index contributed by atoms with van der Waals surface area (Å²) in [5, 5.41) is 3.26. The third kappa shape index (κ3) is 2.29. The van der Waals surface area contributed by atoms with Crippen LogP contribution < -0.4 is 10.1 Å². The molecular formula is C12H17N3O2. The van der Waals surface area contributed by atoms with Gasteiger partial charge < -0.3 is 10.1 Å². The lowest BCUT2D eigenvalue weighted by molar-refractivity contribution is 0.0752. The molecule has 5 nitrogen and oxygen atoms in total. The number of ketones is 1. The fourth-order valence-electron chi connectivity index (χ4n) is 2.12. The highest BCUT2D eigenvalue weighted by Gasteiger charge is 2.37. The maximum Gasteiger partial charge on any atom is 0.243 e. The Balaban J connectivity index is 2.29. The summed E-state index contributed by atoms with van der Waals surface area (Å²) in [6.07, 6.45) is 4.71. The van der Waals surface area contributed by atoms with Crippen LogP contribution in [-0.2, 0) is 0 Å². The van der Waals surface area contributed by atoms with Crippen molar-refractivity contribution in [3.63, 3.8) is 0 Å². The first kappa shape index (κ1) is 12.0. The number of aromatic nitrogens is 2. The van der Waals surface area contributed by atoms with E-state index in [1.807, 2.05) is 6.92 Å². The zero-order chi connectivity index (χ0) is 12.3. The van der Waals surface area contributed by atoms with Gasteiger partial charge in [0.25, 0.3) is 0 Å². The van der Waals surface area contributed by atoms with Crippen molar-refractivity contribution in [3.8, 4) is 5.88 Å². The van der Waals surface area contributed by atoms with E-state index in [4.69, 9.17) is 4.74 Å². The molecule has 0 amide bonds. The summed E-state index contributed by atoms with van der Waals surface area (Å²) in [7, 11) is 1.51. The van der Waals surface area contributed by atoms with Crippen LogP contribution in [0.15, 0.2) is 12.4 Å². The second-order valence-corrected chi connectivity index (χ2v) is 4.55. The number of hydrogen-bond acceptors (Lipinski definition) is 5. The van der Waals surface area contributed by atoms with Crippen molar-refractivity contribution in [2.45, 2.75) is 19.8 Å². The number of nitrogens with one attached hydrogen (secondary N) is 1. The highest BCUT2D eigenvalue weighted by Crippen LogP contribution is 2.33. The number of rotatable bonds is 3. The van der Waals surface area contributed by atoms with Crippen LogP contribution in [0.5, 0.6) is 5.88 Å². The van der Waals surface area contributed by atoms with E-state index in [9.17, 15) is 4.79 Å². The molecule has 1 fully saturated rings. The van der Waals surface area contributed by atoms with Gasteiger partial charge in [0.05, 0.1) is 7.11 Å². The third-order valence-corrected chi connectivity index (χ3v) is 3.33. The van der Waals surface area contributed by atoms with Gasteiger partial charge in [-0.2, -0.15) is 0 Å². The standard InChI is InChI=1S/C12H17N3O2/c1-12(3-5-13-6-4-12)10(16)9-11(17-2)15-8-7-14-9/h7-8,13H,3-6H2,1-2H3. The van der Waals surface area contributed by atoms with Crippen LogP contribution >= 0.6 is 0 Å². The number of piperidine rings is 1. The SMILES string of the molecule is COc1nccnc1C(=O)C1(C)CCNCC1. The molecule has 2 rings (SSSR count). The molecule has 1 saturated heterocycles. The summed E-state index contributed by atoms with van der Waals surface area (Å²) >= 11 is 0. The van der Waals surface area contributed by atoms with Crippen LogP contribution in [0, 0.1) is 5.41 Å². The van der Waals surface area contributed by atoms with E-state index < -0.39 is 0 Å². The van der Waals surface area contributed by atoms with Crippen molar-refractivity contribution >= 4 is 5.78 Å². The van der Waals surface area contributed by atoms with E-state index in [1.165, 1.54) is 19.5 Å². The molecule has 5 heteroatoms. The van der Waals surface area contributed by atoms with Crippen LogP contribution in [0.4, 0.5) is 0 Å². The predicted octanol–water partition coefficient (Wildman–Crippen LogP) is 1.06. The van der Waals surface area contributed by atoms with Gasteiger partial charge in [0, 0.05) is 17.8 Å². The van der Waals surface area contributed by atoms with Crippen LogP contribution in [0.3, 0.4) is 0 Å². The van der Waals surface area contributed by atoms with Gasteiger partial charge in [-0.05, 0) is 25.9 Å². The van der Waals surface area contributed by atoms with E-state index >= 15 is 0 Å². The Labute approximate surface area is 101 Å². The minimum Gasteiger partial charge on any atom is -0.479 e. The molecule has 2 heterocycles. The molecule has 0 radical (unpaired) electrons. The topological polar surface area (TPSA) is 64.1 Å². The third-order valence-electron chi connectivity index (χ3n) is 3.33. The van der Waals surface area contributed by atoms with Gasteiger partial charge in [0.1, 0.15) is 0 Å². The molecule has 0 bridgehead atoms. The van der Waals surface area contributed by atoms with Gasteiger partial charge in [-0.3, -0.25) is 4.79 Å². The molecule has 1 aromatic heterocycles. The Kier molecular flexibility index (Phi) is 3.38. The minimum atomic E-state index is -0.353. The second-order valence-electron chi connectivity index (χ2n) is 4.55. The maximum atomic E-state index is 12.5. The molecule has 0 aliphatic carbocycles. The second kappa shape index (κ2) is 4.79. The van der Waals surface area contributed by atoms with E-state index in [0.717, 1.165) is 25.9 Å². The Hall–Kier alpha value is -1.49. The molecular weight excluding hydrogens is 218 g/mol. The molecule has 0 unspecified atom stereocenters.